The molecule has 6 N–H and O–H groups in total. The molecule has 5 aromatic rings. The smallest absolute Gasteiger partial charge is 0.391 e. The van der Waals surface area contributed by atoms with Crippen molar-refractivity contribution in [3.63, 3.8) is 0 Å². The molecular weight excluding hydrogens is 1160 g/mol. The topological polar surface area (TPSA) is 233 Å². The first-order chi connectivity index (χ1) is 41.8. The molecule has 9 rings (SSSR count). The van der Waals surface area contributed by atoms with Crippen LogP contribution in [0.5, 0.6) is 0 Å². The van der Waals surface area contributed by atoms with Crippen LogP contribution in [0.15, 0.2) is 89.3 Å². The lowest BCUT2D eigenvalue weighted by molar-refractivity contribution is -0.145. The maximum absolute atomic E-state index is 14.8. The normalized spacial score (nSPS) is 18.8. The number of pyridine rings is 1. The standard InChI is InChI=1S/C64H79F4N11O8S/c1-40-56(88-39-71-40)43-16-14-42(15-17-43)49(72-59(85)52-33-46(80)38-79(52)60(86)57(62(2,3)4)74-61(87)63(65)20-21-63)35-54(82)69-22-9-7-6-8-13-55(83)78-29-25-76(26-30-78)37-41-11-10-12-44(31-41)45-18-19-51(77-27-23-75(5)24-28-77)50(32-45)73-58(84)47-36-70-53(81)34-48(47)64(66,67)68/h10-12,14-19,31-32,34,36,39,46,49,52,57,80H,6-9,13,20-30,33,35,37-38H2,1-5H3,(H,69,82)(H,70,81)(H,72,85)(H,73,84)(H,74,87)/t46-,49?,52+,57-/m1/s1. The zero-order valence-electron chi connectivity index (χ0n) is 50.4. The molecule has 1 aliphatic carbocycles. The van der Waals surface area contributed by atoms with Gasteiger partial charge in [-0.05, 0) is 91.1 Å². The fourth-order valence-corrected chi connectivity index (χ4v) is 12.4. The molecule has 6 amide bonds. The number of aliphatic hydroxyl groups excluding tert-OH is 1. The Bertz CT molecular complexity index is 3390. The summed E-state index contributed by atoms with van der Waals surface area (Å²) >= 11 is 1.50. The van der Waals surface area contributed by atoms with E-state index in [0.29, 0.717) is 94.6 Å². The number of aromatic amines is 1. The number of H-pyrrole nitrogens is 1. The number of hydrogen-bond acceptors (Lipinski definition) is 13. The third kappa shape index (κ3) is 16.4. The summed E-state index contributed by atoms with van der Waals surface area (Å²) in [7, 11) is 2.01. The Hall–Kier alpha value is -7.54. The van der Waals surface area contributed by atoms with E-state index in [0.717, 1.165) is 65.0 Å². The first-order valence-electron chi connectivity index (χ1n) is 30.2. The summed E-state index contributed by atoms with van der Waals surface area (Å²) in [5.41, 5.74) is 1.95. The number of rotatable bonds is 22. The predicted octanol–water partition coefficient (Wildman–Crippen LogP) is 7.45. The number of aliphatic hydroxyl groups is 1. The van der Waals surface area contributed by atoms with E-state index in [1.165, 1.54) is 16.2 Å². The molecule has 24 heteroatoms. The average molecular weight is 1240 g/mol. The average Bonchev–Trinajstić information content (AvgIpc) is 1.70. The summed E-state index contributed by atoms with van der Waals surface area (Å²) in [4.78, 5) is 111. The number of piperazine rings is 2. The van der Waals surface area contributed by atoms with Gasteiger partial charge in [-0.3, -0.25) is 38.5 Å². The first-order valence-corrected chi connectivity index (χ1v) is 31.1. The number of amides is 6. The second-order valence-electron chi connectivity index (χ2n) is 24.8. The molecule has 4 aliphatic rings. The van der Waals surface area contributed by atoms with E-state index in [4.69, 9.17) is 0 Å². The number of likely N-dealkylation sites (tertiary alicyclic amines) is 1. The van der Waals surface area contributed by atoms with E-state index in [1.54, 1.807) is 32.3 Å². The van der Waals surface area contributed by atoms with Crippen LogP contribution in [0.3, 0.4) is 0 Å². The molecule has 5 heterocycles. The van der Waals surface area contributed by atoms with Gasteiger partial charge in [-0.25, -0.2) is 9.37 Å². The Balaban J connectivity index is 0.737. The lowest BCUT2D eigenvalue weighted by Gasteiger charge is -2.36. The Labute approximate surface area is 513 Å². The van der Waals surface area contributed by atoms with Gasteiger partial charge in [0.1, 0.15) is 12.1 Å². The maximum atomic E-state index is 14.8. The van der Waals surface area contributed by atoms with Gasteiger partial charge in [0.2, 0.25) is 29.2 Å². The highest BCUT2D eigenvalue weighted by Crippen LogP contribution is 2.41. The molecule has 3 aromatic carbocycles. The number of thiazole rings is 1. The van der Waals surface area contributed by atoms with Crippen molar-refractivity contribution in [2.45, 2.75) is 128 Å². The third-order valence-corrected chi connectivity index (χ3v) is 17.9. The van der Waals surface area contributed by atoms with Crippen LogP contribution in [0.1, 0.15) is 117 Å². The number of aromatic nitrogens is 2. The summed E-state index contributed by atoms with van der Waals surface area (Å²) in [5.74, 6) is -3.30. The number of anilines is 2. The molecule has 0 radical (unpaired) electrons. The number of unbranched alkanes of at least 4 members (excludes halogenated alkanes) is 3. The minimum atomic E-state index is -4.93. The van der Waals surface area contributed by atoms with Crippen molar-refractivity contribution in [1.82, 2.24) is 45.5 Å². The molecule has 0 spiro atoms. The molecule has 19 nitrogen and oxygen atoms in total. The molecule has 0 bridgehead atoms. The van der Waals surface area contributed by atoms with Crippen molar-refractivity contribution < 1.29 is 51.4 Å². The number of halogens is 4. The monoisotopic (exact) mass is 1240 g/mol. The molecule has 3 saturated heterocycles. The van der Waals surface area contributed by atoms with E-state index in [1.807, 2.05) is 79.5 Å². The number of aryl methyl sites for hydroxylation is 1. The lowest BCUT2D eigenvalue weighted by atomic mass is 9.85. The van der Waals surface area contributed by atoms with Crippen LogP contribution in [-0.2, 0) is 36.7 Å². The highest BCUT2D eigenvalue weighted by molar-refractivity contribution is 7.13. The van der Waals surface area contributed by atoms with E-state index in [-0.39, 0.29) is 44.0 Å². The van der Waals surface area contributed by atoms with Gasteiger partial charge < -0.3 is 51.0 Å². The Kier molecular flexibility index (Phi) is 20.6. The van der Waals surface area contributed by atoms with Crippen molar-refractivity contribution in [2.75, 3.05) is 82.7 Å². The largest absolute Gasteiger partial charge is 0.417 e. The number of carbonyl (C=O) groups is 6. The Morgan fingerprint density at radius 1 is 0.841 bits per heavy atom. The number of nitrogens with one attached hydrogen (secondary N) is 5. The number of β-amino-alcohol motifs (C(OH)–C–C–N with tert-alkyl or cyclic N) is 1. The first kappa shape index (κ1) is 64.9. The number of nitrogens with zero attached hydrogens (tertiary/aromatic N) is 6. The molecule has 3 aliphatic heterocycles. The number of hydrogen-bond donors (Lipinski definition) is 6. The third-order valence-electron chi connectivity index (χ3n) is 17.0. The summed E-state index contributed by atoms with van der Waals surface area (Å²) in [6, 6.07) is 18.2. The molecular formula is C64H79F4N11O8S. The van der Waals surface area contributed by atoms with E-state index >= 15 is 0 Å². The van der Waals surface area contributed by atoms with Crippen LogP contribution < -0.4 is 31.7 Å². The molecule has 1 saturated carbocycles. The zero-order valence-corrected chi connectivity index (χ0v) is 51.3. The van der Waals surface area contributed by atoms with Crippen LogP contribution in [0.25, 0.3) is 21.6 Å². The second kappa shape index (κ2) is 27.9. The highest BCUT2D eigenvalue weighted by atomic mass is 32.1. The van der Waals surface area contributed by atoms with Gasteiger partial charge in [0.15, 0.2) is 5.67 Å². The molecule has 88 heavy (non-hydrogen) atoms. The van der Waals surface area contributed by atoms with Gasteiger partial charge in [0, 0.05) is 97.1 Å². The summed E-state index contributed by atoms with van der Waals surface area (Å²) in [6.45, 7) is 13.2. The van der Waals surface area contributed by atoms with E-state index < -0.39 is 81.8 Å². The van der Waals surface area contributed by atoms with Crippen LogP contribution >= 0.6 is 11.3 Å². The van der Waals surface area contributed by atoms with Gasteiger partial charge in [-0.1, -0.05) is 82.1 Å². The molecule has 2 aromatic heterocycles. The predicted molar refractivity (Wildman–Crippen MR) is 328 cm³/mol. The Morgan fingerprint density at radius 2 is 1.53 bits per heavy atom. The van der Waals surface area contributed by atoms with Crippen LogP contribution in [0.4, 0.5) is 28.9 Å². The maximum Gasteiger partial charge on any atom is 0.417 e. The van der Waals surface area contributed by atoms with Gasteiger partial charge in [-0.15, -0.1) is 11.3 Å². The zero-order chi connectivity index (χ0) is 63.1. The van der Waals surface area contributed by atoms with E-state index in [9.17, 15) is 56.2 Å². The second-order valence-corrected chi connectivity index (χ2v) is 25.6. The van der Waals surface area contributed by atoms with Crippen molar-refractivity contribution in [2.24, 2.45) is 5.41 Å². The molecule has 4 fully saturated rings. The molecule has 1 unspecified atom stereocenters. The Morgan fingerprint density at radius 3 is 2.20 bits per heavy atom. The van der Waals surface area contributed by atoms with Gasteiger partial charge in [0.25, 0.3) is 11.8 Å². The molecule has 472 valence electrons. The van der Waals surface area contributed by atoms with Crippen LogP contribution in [0.2, 0.25) is 0 Å². The fourth-order valence-electron chi connectivity index (χ4n) is 11.6. The SMILES string of the molecule is Cc1ncsc1-c1ccc(C(CC(=O)NCCCCCCC(=O)N2CCN(Cc3cccc(-c4ccc(N5CCN(C)CC5)c(NC(=O)c5c[nH]c(=O)cc5C(F)(F)F)c4)c3)CC2)NC(=O)[C@@H]2C[C@@H](O)CN2C(=O)[C@@H](NC(=O)C2(F)CC2)C(C)(C)C)cc1. The number of carbonyl (C=O) groups excluding carboxylic acids is 6. The van der Waals surface area contributed by atoms with Crippen molar-refractivity contribution in [1.29, 1.82) is 0 Å². The van der Waals surface area contributed by atoms with Crippen molar-refractivity contribution >= 4 is 58.2 Å². The number of benzene rings is 3. The summed E-state index contributed by atoms with van der Waals surface area (Å²) in [5, 5.41) is 22.1. The lowest BCUT2D eigenvalue weighted by Crippen LogP contribution is -2.59. The summed E-state index contributed by atoms with van der Waals surface area (Å²) in [6.07, 6.45) is -1.95. The molecule has 4 atom stereocenters. The minimum absolute atomic E-state index is 0.0643. The van der Waals surface area contributed by atoms with Crippen LogP contribution in [0, 0.1) is 12.3 Å². The van der Waals surface area contributed by atoms with Gasteiger partial charge >= 0.3 is 6.18 Å². The van der Waals surface area contributed by atoms with Gasteiger partial charge in [0.05, 0.1) is 57.1 Å². The highest BCUT2D eigenvalue weighted by Gasteiger charge is 2.53. The summed E-state index contributed by atoms with van der Waals surface area (Å²) < 4.78 is 56.8. The minimum Gasteiger partial charge on any atom is -0.391 e. The van der Waals surface area contributed by atoms with Crippen LogP contribution in [-0.4, -0.2) is 166 Å². The van der Waals surface area contributed by atoms with Gasteiger partial charge in [-0.2, -0.15) is 13.2 Å². The fraction of sp³-hybridized carbons (Fsp3) is 0.500. The number of alkyl halides is 4. The number of likely N-dealkylation sites (N-methyl/N-ethyl adjacent to an activating group) is 1. The van der Waals surface area contributed by atoms with E-state index in [2.05, 4.69) is 45.9 Å². The quantitative estimate of drug-likeness (QED) is 0.0293. The van der Waals surface area contributed by atoms with Crippen molar-refractivity contribution in [3.05, 3.63) is 123 Å². The van der Waals surface area contributed by atoms with Crippen molar-refractivity contribution in [3.8, 4) is 21.6 Å².